The minimum Gasteiger partial charge on any atom is -0.494 e. The van der Waals surface area contributed by atoms with Crippen molar-refractivity contribution in [3.8, 4) is 5.75 Å². The van der Waals surface area contributed by atoms with Crippen molar-refractivity contribution in [2.24, 2.45) is 10.2 Å². The summed E-state index contributed by atoms with van der Waals surface area (Å²) >= 11 is 0. The summed E-state index contributed by atoms with van der Waals surface area (Å²) in [6.45, 7) is 2.96. The van der Waals surface area contributed by atoms with Crippen LogP contribution in [0.1, 0.15) is 26.2 Å². The van der Waals surface area contributed by atoms with E-state index in [9.17, 15) is 0 Å². The standard InChI is InChI=1S/C19H25N3O/c1-4-5-6-15-23-19-13-9-17(10-14-19)21-20-16-7-11-18(12-8-16)22(2)3/h7-14H,4-6,15H2,1-3H3. The zero-order chi connectivity index (χ0) is 16.5. The number of ether oxygens (including phenoxy) is 1. The van der Waals surface area contributed by atoms with Crippen LogP contribution in [-0.2, 0) is 0 Å². The molecule has 0 aliphatic heterocycles. The van der Waals surface area contributed by atoms with Crippen LogP contribution in [0.2, 0.25) is 0 Å². The highest BCUT2D eigenvalue weighted by Crippen LogP contribution is 2.23. The van der Waals surface area contributed by atoms with Crippen LogP contribution in [-0.4, -0.2) is 20.7 Å². The lowest BCUT2D eigenvalue weighted by molar-refractivity contribution is 0.306. The van der Waals surface area contributed by atoms with Gasteiger partial charge in [-0.25, -0.2) is 0 Å². The van der Waals surface area contributed by atoms with Crippen molar-refractivity contribution < 1.29 is 4.74 Å². The third-order valence-electron chi connectivity index (χ3n) is 3.50. The van der Waals surface area contributed by atoms with Crippen LogP contribution in [0.5, 0.6) is 5.75 Å². The largest absolute Gasteiger partial charge is 0.494 e. The number of nitrogens with zero attached hydrogens (tertiary/aromatic N) is 3. The Morgan fingerprint density at radius 1 is 0.826 bits per heavy atom. The van der Waals surface area contributed by atoms with Crippen LogP contribution in [0.4, 0.5) is 17.1 Å². The first-order chi connectivity index (χ1) is 11.2. The molecule has 0 atom stereocenters. The summed E-state index contributed by atoms with van der Waals surface area (Å²) < 4.78 is 5.68. The molecule has 0 saturated carbocycles. The minimum absolute atomic E-state index is 0.771. The lowest BCUT2D eigenvalue weighted by atomic mass is 10.2. The Morgan fingerprint density at radius 2 is 1.39 bits per heavy atom. The van der Waals surface area contributed by atoms with Crippen molar-refractivity contribution in [3.05, 3.63) is 48.5 Å². The predicted molar refractivity (Wildman–Crippen MR) is 96.4 cm³/mol. The van der Waals surface area contributed by atoms with Gasteiger partial charge in [-0.2, -0.15) is 10.2 Å². The fourth-order valence-electron chi connectivity index (χ4n) is 2.08. The molecule has 0 aliphatic carbocycles. The van der Waals surface area contributed by atoms with Gasteiger partial charge in [-0.3, -0.25) is 0 Å². The highest BCUT2D eigenvalue weighted by atomic mass is 16.5. The zero-order valence-corrected chi connectivity index (χ0v) is 14.2. The zero-order valence-electron chi connectivity index (χ0n) is 14.2. The van der Waals surface area contributed by atoms with Crippen molar-refractivity contribution in [1.82, 2.24) is 0 Å². The molecule has 4 heteroatoms. The van der Waals surface area contributed by atoms with Crippen LogP contribution < -0.4 is 9.64 Å². The van der Waals surface area contributed by atoms with Crippen LogP contribution in [0.3, 0.4) is 0 Å². The van der Waals surface area contributed by atoms with E-state index < -0.39 is 0 Å². The average Bonchev–Trinajstić information content (AvgIpc) is 2.58. The summed E-state index contributed by atoms with van der Waals surface area (Å²) in [6, 6.07) is 15.7. The molecule has 122 valence electrons. The summed E-state index contributed by atoms with van der Waals surface area (Å²) in [5.41, 5.74) is 2.81. The molecule has 2 rings (SSSR count). The van der Waals surface area contributed by atoms with E-state index in [0.29, 0.717) is 0 Å². The van der Waals surface area contributed by atoms with Crippen LogP contribution >= 0.6 is 0 Å². The first-order valence-corrected chi connectivity index (χ1v) is 8.11. The Balaban J connectivity index is 1.89. The smallest absolute Gasteiger partial charge is 0.119 e. The van der Waals surface area contributed by atoms with E-state index in [4.69, 9.17) is 4.74 Å². The van der Waals surface area contributed by atoms with Crippen molar-refractivity contribution in [2.45, 2.75) is 26.2 Å². The molecule has 0 aliphatic rings. The van der Waals surface area contributed by atoms with E-state index >= 15 is 0 Å². The Labute approximate surface area is 138 Å². The maximum Gasteiger partial charge on any atom is 0.119 e. The average molecular weight is 311 g/mol. The van der Waals surface area contributed by atoms with E-state index in [-0.39, 0.29) is 0 Å². The molecule has 2 aromatic rings. The number of hydrogen-bond donors (Lipinski definition) is 0. The molecule has 0 heterocycles. The molecule has 0 radical (unpaired) electrons. The lowest BCUT2D eigenvalue weighted by Gasteiger charge is -2.11. The molecule has 0 amide bonds. The maximum atomic E-state index is 5.68. The first kappa shape index (κ1) is 17.0. The van der Waals surface area contributed by atoms with Gasteiger partial charge in [-0.15, -0.1) is 0 Å². The number of rotatable bonds is 8. The molecule has 4 nitrogen and oxygen atoms in total. The molecule has 0 N–H and O–H groups in total. The predicted octanol–water partition coefficient (Wildman–Crippen LogP) is 5.74. The molecular weight excluding hydrogens is 286 g/mol. The summed E-state index contributed by atoms with van der Waals surface area (Å²) in [4.78, 5) is 2.06. The van der Waals surface area contributed by atoms with E-state index in [1.165, 1.54) is 12.8 Å². The van der Waals surface area contributed by atoms with Crippen molar-refractivity contribution in [3.63, 3.8) is 0 Å². The SMILES string of the molecule is CCCCCOc1ccc(N=Nc2ccc(N(C)C)cc2)cc1. The van der Waals surface area contributed by atoms with Gasteiger partial charge in [-0.1, -0.05) is 19.8 Å². The third-order valence-corrected chi connectivity index (χ3v) is 3.50. The number of unbranched alkanes of at least 4 members (excludes halogenated alkanes) is 2. The molecular formula is C19H25N3O. The number of azo groups is 1. The van der Waals surface area contributed by atoms with Gasteiger partial charge >= 0.3 is 0 Å². The normalized spacial score (nSPS) is 10.9. The number of benzene rings is 2. The van der Waals surface area contributed by atoms with E-state index in [1.54, 1.807) is 0 Å². The molecule has 0 aromatic heterocycles. The quantitative estimate of drug-likeness (QED) is 0.460. The fourth-order valence-corrected chi connectivity index (χ4v) is 2.08. The van der Waals surface area contributed by atoms with Crippen LogP contribution in [0.25, 0.3) is 0 Å². The van der Waals surface area contributed by atoms with Crippen molar-refractivity contribution in [1.29, 1.82) is 0 Å². The van der Waals surface area contributed by atoms with Gasteiger partial charge in [0.05, 0.1) is 18.0 Å². The third kappa shape index (κ3) is 5.74. The van der Waals surface area contributed by atoms with Gasteiger partial charge in [0.1, 0.15) is 5.75 Å². The summed E-state index contributed by atoms with van der Waals surface area (Å²) in [5.74, 6) is 0.885. The Morgan fingerprint density at radius 3 is 1.91 bits per heavy atom. The van der Waals surface area contributed by atoms with Gasteiger partial charge < -0.3 is 9.64 Å². The second-order valence-electron chi connectivity index (χ2n) is 5.66. The molecule has 0 bridgehead atoms. The maximum absolute atomic E-state index is 5.68. The second-order valence-corrected chi connectivity index (χ2v) is 5.66. The Bertz CT molecular complexity index is 604. The summed E-state index contributed by atoms with van der Waals surface area (Å²) in [6.07, 6.45) is 3.51. The monoisotopic (exact) mass is 311 g/mol. The number of hydrogen-bond acceptors (Lipinski definition) is 4. The molecule has 0 spiro atoms. The molecule has 0 fully saturated rings. The highest BCUT2D eigenvalue weighted by molar-refractivity contribution is 5.52. The molecule has 2 aromatic carbocycles. The van der Waals surface area contributed by atoms with Crippen LogP contribution in [0.15, 0.2) is 58.8 Å². The summed E-state index contributed by atoms with van der Waals surface area (Å²) in [5, 5.41) is 8.52. The van der Waals surface area contributed by atoms with Crippen molar-refractivity contribution in [2.75, 3.05) is 25.6 Å². The van der Waals surface area contributed by atoms with Gasteiger partial charge in [0.25, 0.3) is 0 Å². The Kier molecular flexibility index (Phi) is 6.60. The Hall–Kier alpha value is -2.36. The van der Waals surface area contributed by atoms with Crippen LogP contribution in [0, 0.1) is 0 Å². The second kappa shape index (κ2) is 8.93. The van der Waals surface area contributed by atoms with Gasteiger partial charge in [-0.05, 0) is 55.0 Å². The molecule has 0 saturated heterocycles. The minimum atomic E-state index is 0.771. The summed E-state index contributed by atoms with van der Waals surface area (Å²) in [7, 11) is 4.03. The van der Waals surface area contributed by atoms with Gasteiger partial charge in [0, 0.05) is 19.8 Å². The van der Waals surface area contributed by atoms with Gasteiger partial charge in [0.2, 0.25) is 0 Å². The molecule has 0 unspecified atom stereocenters. The van der Waals surface area contributed by atoms with E-state index in [0.717, 1.165) is 35.8 Å². The number of anilines is 1. The lowest BCUT2D eigenvalue weighted by Crippen LogP contribution is -2.07. The fraction of sp³-hybridized carbons (Fsp3) is 0.368. The molecule has 23 heavy (non-hydrogen) atoms. The van der Waals surface area contributed by atoms with Crippen molar-refractivity contribution >= 4 is 17.1 Å². The van der Waals surface area contributed by atoms with Gasteiger partial charge in [0.15, 0.2) is 0 Å². The topological polar surface area (TPSA) is 37.2 Å². The van der Waals surface area contributed by atoms with E-state index in [1.807, 2.05) is 62.6 Å². The van der Waals surface area contributed by atoms with E-state index in [2.05, 4.69) is 22.1 Å². The first-order valence-electron chi connectivity index (χ1n) is 8.11. The highest BCUT2D eigenvalue weighted by Gasteiger charge is 1.97.